The summed E-state index contributed by atoms with van der Waals surface area (Å²) in [6.07, 6.45) is 1.57. The first-order valence-corrected chi connectivity index (χ1v) is 5.95. The summed E-state index contributed by atoms with van der Waals surface area (Å²) in [7, 11) is 0. The second-order valence-corrected chi connectivity index (χ2v) is 4.33. The lowest BCUT2D eigenvalue weighted by Crippen LogP contribution is -2.11. The summed E-state index contributed by atoms with van der Waals surface area (Å²) in [6, 6.07) is 4.27. The minimum atomic E-state index is -0.488. The Kier molecular flexibility index (Phi) is 3.09. The van der Waals surface area contributed by atoms with Crippen LogP contribution in [0.25, 0.3) is 11.0 Å². The van der Waals surface area contributed by atoms with Crippen LogP contribution in [0.15, 0.2) is 24.4 Å². The van der Waals surface area contributed by atoms with E-state index in [2.05, 4.69) is 30.9 Å². The Balaban J connectivity index is 2.04. The minimum absolute atomic E-state index is 0.0182. The number of benzene rings is 1. The van der Waals surface area contributed by atoms with Crippen molar-refractivity contribution in [1.29, 1.82) is 0 Å². The van der Waals surface area contributed by atoms with Crippen molar-refractivity contribution in [3.8, 4) is 0 Å². The Morgan fingerprint density at radius 1 is 1.30 bits per heavy atom. The number of hydrogen-bond donors (Lipinski definition) is 4. The van der Waals surface area contributed by atoms with E-state index in [0.717, 1.165) is 0 Å². The lowest BCUT2D eigenvalue weighted by atomic mass is 10.3. The molecule has 0 saturated carbocycles. The van der Waals surface area contributed by atoms with Crippen LogP contribution in [-0.2, 0) is 0 Å². The normalized spacial score (nSPS) is 10.8. The first-order chi connectivity index (χ1) is 9.67. The van der Waals surface area contributed by atoms with E-state index in [9.17, 15) is 4.39 Å². The fourth-order valence-corrected chi connectivity index (χ4v) is 1.89. The molecule has 0 amide bonds. The largest absolute Gasteiger partial charge is 0.339 e. The summed E-state index contributed by atoms with van der Waals surface area (Å²) in [5.41, 5.74) is 3.46. The van der Waals surface area contributed by atoms with Crippen LogP contribution in [0.1, 0.15) is 0 Å². The predicted molar refractivity (Wildman–Crippen MR) is 74.2 cm³/mol. The molecule has 102 valence electrons. The first kappa shape index (κ1) is 12.6. The summed E-state index contributed by atoms with van der Waals surface area (Å²) in [5.74, 6) is 5.51. The van der Waals surface area contributed by atoms with Crippen LogP contribution in [-0.4, -0.2) is 20.2 Å². The number of H-pyrrole nitrogens is 1. The third kappa shape index (κ3) is 2.22. The Morgan fingerprint density at radius 2 is 2.15 bits per heavy atom. The zero-order valence-corrected chi connectivity index (χ0v) is 10.7. The van der Waals surface area contributed by atoms with Gasteiger partial charge in [-0.15, -0.1) is 0 Å². The maximum Gasteiger partial charge on any atom is 0.241 e. The highest BCUT2D eigenvalue weighted by Gasteiger charge is 2.10. The zero-order chi connectivity index (χ0) is 14.1. The monoisotopic (exact) mass is 293 g/mol. The van der Waals surface area contributed by atoms with E-state index in [-0.39, 0.29) is 11.0 Å². The van der Waals surface area contributed by atoms with Crippen LogP contribution in [0.4, 0.5) is 21.8 Å². The van der Waals surface area contributed by atoms with E-state index in [4.69, 9.17) is 17.4 Å². The number of halogens is 2. The Morgan fingerprint density at radius 3 is 2.90 bits per heavy atom. The average molecular weight is 294 g/mol. The van der Waals surface area contributed by atoms with Gasteiger partial charge in [-0.2, -0.15) is 15.1 Å². The highest BCUT2D eigenvalue weighted by atomic mass is 35.5. The van der Waals surface area contributed by atoms with Crippen molar-refractivity contribution >= 4 is 40.1 Å². The fourth-order valence-electron chi connectivity index (χ4n) is 1.71. The summed E-state index contributed by atoms with van der Waals surface area (Å²) >= 11 is 5.74. The molecule has 0 aliphatic rings. The summed E-state index contributed by atoms with van der Waals surface area (Å²) in [5, 5.41) is 10.3. The molecule has 5 N–H and O–H groups in total. The van der Waals surface area contributed by atoms with Gasteiger partial charge in [0.1, 0.15) is 11.6 Å². The van der Waals surface area contributed by atoms with Gasteiger partial charge in [0.25, 0.3) is 0 Å². The second kappa shape index (κ2) is 4.91. The molecule has 2 heterocycles. The molecule has 9 heteroatoms. The molecule has 0 atom stereocenters. The first-order valence-electron chi connectivity index (χ1n) is 5.57. The molecule has 0 unspecified atom stereocenters. The lowest BCUT2D eigenvalue weighted by molar-refractivity contribution is 0.628. The van der Waals surface area contributed by atoms with Gasteiger partial charge >= 0.3 is 0 Å². The van der Waals surface area contributed by atoms with Gasteiger partial charge < -0.3 is 5.32 Å². The van der Waals surface area contributed by atoms with Crippen LogP contribution in [0.3, 0.4) is 0 Å². The van der Waals surface area contributed by atoms with Crippen molar-refractivity contribution in [2.24, 2.45) is 5.84 Å². The zero-order valence-electron chi connectivity index (χ0n) is 9.98. The summed E-state index contributed by atoms with van der Waals surface area (Å²) in [4.78, 5) is 8.28. The number of hydrogen-bond acceptors (Lipinski definition) is 6. The summed E-state index contributed by atoms with van der Waals surface area (Å²) < 4.78 is 13.1. The highest BCUT2D eigenvalue weighted by Crippen LogP contribution is 2.26. The topological polar surface area (TPSA) is 105 Å². The van der Waals surface area contributed by atoms with E-state index in [1.54, 1.807) is 12.3 Å². The van der Waals surface area contributed by atoms with E-state index in [1.807, 2.05) is 0 Å². The van der Waals surface area contributed by atoms with Crippen molar-refractivity contribution in [3.05, 3.63) is 35.2 Å². The number of aromatic nitrogens is 4. The maximum atomic E-state index is 13.1. The van der Waals surface area contributed by atoms with E-state index < -0.39 is 5.82 Å². The molecule has 0 saturated heterocycles. The molecule has 0 bridgehead atoms. The fraction of sp³-hybridized carbons (Fsp3) is 0. The third-order valence-corrected chi connectivity index (χ3v) is 2.91. The predicted octanol–water partition coefficient (Wildman–Crippen LogP) is 2.17. The average Bonchev–Trinajstić information content (AvgIpc) is 2.91. The number of hydrazine groups is 1. The standard InChI is InChI=1S/C11H9ClFN7/c12-7-3-5(1-2-8(7)13)16-9-6-4-15-20-10(6)18-11(17-9)19-14/h1-4H,14H2,(H3,15,16,17,18,19,20). The van der Waals surface area contributed by atoms with E-state index in [0.29, 0.717) is 22.5 Å². The molecule has 0 fully saturated rings. The molecule has 0 aliphatic heterocycles. The molecule has 2 aromatic heterocycles. The lowest BCUT2D eigenvalue weighted by Gasteiger charge is -2.08. The SMILES string of the molecule is NNc1nc(Nc2ccc(F)c(Cl)c2)c2cn[nH]c2n1. The molecule has 1 aromatic carbocycles. The molecule has 20 heavy (non-hydrogen) atoms. The van der Waals surface area contributed by atoms with Crippen LogP contribution >= 0.6 is 11.6 Å². The number of nitrogens with two attached hydrogens (primary N) is 1. The van der Waals surface area contributed by atoms with Gasteiger partial charge in [-0.05, 0) is 18.2 Å². The maximum absolute atomic E-state index is 13.1. The van der Waals surface area contributed by atoms with E-state index >= 15 is 0 Å². The molecule has 3 rings (SSSR count). The van der Waals surface area contributed by atoms with Gasteiger partial charge in [0.05, 0.1) is 16.6 Å². The molecule has 3 aromatic rings. The molecular weight excluding hydrogens is 285 g/mol. The van der Waals surface area contributed by atoms with Crippen molar-refractivity contribution in [1.82, 2.24) is 20.2 Å². The molecule has 0 aliphatic carbocycles. The van der Waals surface area contributed by atoms with Crippen LogP contribution < -0.4 is 16.6 Å². The van der Waals surface area contributed by atoms with Gasteiger partial charge in [-0.1, -0.05) is 11.6 Å². The number of aromatic amines is 1. The van der Waals surface area contributed by atoms with Gasteiger partial charge in [0.2, 0.25) is 5.95 Å². The number of nitrogen functional groups attached to an aromatic ring is 1. The third-order valence-electron chi connectivity index (χ3n) is 2.62. The van der Waals surface area contributed by atoms with Gasteiger partial charge in [0.15, 0.2) is 5.65 Å². The van der Waals surface area contributed by atoms with Crippen LogP contribution in [0, 0.1) is 5.82 Å². The van der Waals surface area contributed by atoms with Crippen LogP contribution in [0.5, 0.6) is 0 Å². The number of anilines is 3. The quantitative estimate of drug-likeness (QED) is 0.436. The molecule has 0 radical (unpaired) electrons. The Labute approximate surface area is 117 Å². The molecular formula is C11H9ClFN7. The van der Waals surface area contributed by atoms with E-state index in [1.165, 1.54) is 12.1 Å². The molecule has 0 spiro atoms. The Bertz CT molecular complexity index is 773. The number of nitrogens with one attached hydrogen (secondary N) is 3. The highest BCUT2D eigenvalue weighted by molar-refractivity contribution is 6.31. The number of fused-ring (bicyclic) bond motifs is 1. The number of nitrogens with zero attached hydrogens (tertiary/aromatic N) is 3. The summed E-state index contributed by atoms with van der Waals surface area (Å²) in [6.45, 7) is 0. The second-order valence-electron chi connectivity index (χ2n) is 3.93. The van der Waals surface area contributed by atoms with Crippen LogP contribution in [0.2, 0.25) is 5.02 Å². The van der Waals surface area contributed by atoms with Gasteiger partial charge in [-0.25, -0.2) is 10.2 Å². The van der Waals surface area contributed by atoms with Crippen molar-refractivity contribution < 1.29 is 4.39 Å². The molecule has 7 nitrogen and oxygen atoms in total. The minimum Gasteiger partial charge on any atom is -0.339 e. The smallest absolute Gasteiger partial charge is 0.241 e. The number of rotatable bonds is 3. The van der Waals surface area contributed by atoms with Crippen molar-refractivity contribution in [2.75, 3.05) is 10.7 Å². The van der Waals surface area contributed by atoms with Gasteiger partial charge in [-0.3, -0.25) is 10.5 Å². The van der Waals surface area contributed by atoms with Crippen molar-refractivity contribution in [3.63, 3.8) is 0 Å². The van der Waals surface area contributed by atoms with Gasteiger partial charge in [0, 0.05) is 5.69 Å². The Hall–Kier alpha value is -2.45. The van der Waals surface area contributed by atoms with Crippen molar-refractivity contribution in [2.45, 2.75) is 0 Å².